The van der Waals surface area contributed by atoms with Gasteiger partial charge in [-0.1, -0.05) is 32.3 Å². The maximum absolute atomic E-state index is 8.56. The van der Waals surface area contributed by atoms with Crippen molar-refractivity contribution in [1.29, 1.82) is 0 Å². The van der Waals surface area contributed by atoms with Gasteiger partial charge < -0.3 is 16.3 Å². The van der Waals surface area contributed by atoms with Crippen LogP contribution < -0.4 is 11.1 Å². The Morgan fingerprint density at radius 3 is 2.57 bits per heavy atom. The predicted molar refractivity (Wildman–Crippen MR) is 59.6 cm³/mol. The van der Waals surface area contributed by atoms with E-state index >= 15 is 0 Å². The zero-order chi connectivity index (χ0) is 11.0. The van der Waals surface area contributed by atoms with Gasteiger partial charge in [-0.2, -0.15) is 0 Å². The van der Waals surface area contributed by atoms with Gasteiger partial charge in [-0.3, -0.25) is 0 Å². The average molecular weight is 201 g/mol. The molecule has 0 aromatic heterocycles. The number of unbranched alkanes of at least 4 members (excludes halogenated alkanes) is 1. The zero-order valence-electron chi connectivity index (χ0n) is 9.51. The van der Waals surface area contributed by atoms with Gasteiger partial charge in [0.2, 0.25) is 0 Å². The molecule has 0 atom stereocenters. The quantitative estimate of drug-likeness (QED) is 0.192. The first kappa shape index (κ1) is 13.2. The van der Waals surface area contributed by atoms with Gasteiger partial charge in [0, 0.05) is 5.41 Å². The Morgan fingerprint density at radius 1 is 1.43 bits per heavy atom. The summed E-state index contributed by atoms with van der Waals surface area (Å²) >= 11 is 0. The maximum atomic E-state index is 8.56. The van der Waals surface area contributed by atoms with E-state index in [1.54, 1.807) is 0 Å². The first-order valence-electron chi connectivity index (χ1n) is 5.23. The van der Waals surface area contributed by atoms with Gasteiger partial charge in [0.1, 0.15) is 5.84 Å². The van der Waals surface area contributed by atoms with E-state index in [0.717, 1.165) is 32.4 Å². The van der Waals surface area contributed by atoms with Crippen molar-refractivity contribution in [2.75, 3.05) is 13.1 Å². The lowest BCUT2D eigenvalue weighted by Crippen LogP contribution is -2.32. The van der Waals surface area contributed by atoms with Gasteiger partial charge in [-0.25, -0.2) is 0 Å². The number of amidine groups is 1. The van der Waals surface area contributed by atoms with Crippen LogP contribution in [0.15, 0.2) is 5.16 Å². The molecular formula is C10H23N3O. The predicted octanol–water partition coefficient (Wildman–Crippen LogP) is 1.54. The molecule has 14 heavy (non-hydrogen) atoms. The summed E-state index contributed by atoms with van der Waals surface area (Å²) in [5.41, 5.74) is 5.38. The van der Waals surface area contributed by atoms with Crippen LogP contribution in [0.25, 0.3) is 0 Å². The minimum absolute atomic E-state index is 0.193. The van der Waals surface area contributed by atoms with E-state index < -0.39 is 0 Å². The molecule has 0 bridgehead atoms. The fraction of sp³-hybridized carbons (Fsp3) is 0.900. The normalized spacial score (nSPS) is 13.2. The van der Waals surface area contributed by atoms with E-state index in [2.05, 4.69) is 17.4 Å². The lowest BCUT2D eigenvalue weighted by molar-refractivity contribution is 0.304. The van der Waals surface area contributed by atoms with Crippen LogP contribution in [0, 0.1) is 5.41 Å². The minimum atomic E-state index is -0.193. The molecule has 4 N–H and O–H groups in total. The minimum Gasteiger partial charge on any atom is -0.409 e. The highest BCUT2D eigenvalue weighted by atomic mass is 16.4. The topological polar surface area (TPSA) is 70.6 Å². The number of nitrogens with two attached hydrogens (primary N) is 1. The van der Waals surface area contributed by atoms with Crippen LogP contribution in [0.1, 0.15) is 40.0 Å². The van der Waals surface area contributed by atoms with Crippen LogP contribution in [0.4, 0.5) is 0 Å². The van der Waals surface area contributed by atoms with Crippen LogP contribution in [0.2, 0.25) is 0 Å². The number of rotatable bonds is 7. The van der Waals surface area contributed by atoms with Crippen molar-refractivity contribution in [2.24, 2.45) is 16.3 Å². The Labute approximate surface area is 86.6 Å². The second-order valence-electron chi connectivity index (χ2n) is 4.18. The SMILES string of the molecule is CCNCCCCC(C)(C)C(N)=NO. The molecule has 0 spiro atoms. The summed E-state index contributed by atoms with van der Waals surface area (Å²) in [7, 11) is 0. The Hall–Kier alpha value is -0.770. The summed E-state index contributed by atoms with van der Waals surface area (Å²) in [5, 5.41) is 14.9. The number of nitrogens with one attached hydrogen (secondary N) is 1. The van der Waals surface area contributed by atoms with Gasteiger partial charge in [0.25, 0.3) is 0 Å². The molecule has 0 rings (SSSR count). The van der Waals surface area contributed by atoms with E-state index in [0.29, 0.717) is 5.84 Å². The number of oxime groups is 1. The highest BCUT2D eigenvalue weighted by Crippen LogP contribution is 2.22. The highest BCUT2D eigenvalue weighted by molar-refractivity contribution is 5.85. The standard InChI is InChI=1S/C10H23N3O/c1-4-12-8-6-5-7-10(2,3)9(11)13-14/h12,14H,4-8H2,1-3H3,(H2,11,13). The van der Waals surface area contributed by atoms with Crippen LogP contribution in [0.3, 0.4) is 0 Å². The van der Waals surface area contributed by atoms with Crippen molar-refractivity contribution in [3.05, 3.63) is 0 Å². The van der Waals surface area contributed by atoms with Crippen molar-refractivity contribution in [2.45, 2.75) is 40.0 Å². The van der Waals surface area contributed by atoms with Gasteiger partial charge in [0.05, 0.1) is 0 Å². The third-order valence-electron chi connectivity index (χ3n) is 2.46. The van der Waals surface area contributed by atoms with Gasteiger partial charge >= 0.3 is 0 Å². The van der Waals surface area contributed by atoms with Crippen molar-refractivity contribution in [3.63, 3.8) is 0 Å². The summed E-state index contributed by atoms with van der Waals surface area (Å²) in [4.78, 5) is 0. The van der Waals surface area contributed by atoms with E-state index in [1.165, 1.54) is 0 Å². The fourth-order valence-corrected chi connectivity index (χ4v) is 1.26. The Balaban J connectivity index is 3.66. The van der Waals surface area contributed by atoms with Crippen molar-refractivity contribution in [3.8, 4) is 0 Å². The molecule has 0 saturated heterocycles. The Kier molecular flexibility index (Phi) is 6.28. The smallest absolute Gasteiger partial charge is 0.144 e. The molecule has 0 aromatic rings. The molecule has 0 aliphatic rings. The molecule has 0 radical (unpaired) electrons. The van der Waals surface area contributed by atoms with Crippen LogP contribution in [-0.2, 0) is 0 Å². The van der Waals surface area contributed by atoms with E-state index in [1.807, 2.05) is 13.8 Å². The second-order valence-corrected chi connectivity index (χ2v) is 4.18. The molecular weight excluding hydrogens is 178 g/mol. The lowest BCUT2D eigenvalue weighted by atomic mass is 9.86. The maximum Gasteiger partial charge on any atom is 0.144 e. The van der Waals surface area contributed by atoms with Crippen molar-refractivity contribution >= 4 is 5.84 Å². The summed E-state index contributed by atoms with van der Waals surface area (Å²) in [6.07, 6.45) is 3.18. The Bertz CT molecular complexity index is 178. The van der Waals surface area contributed by atoms with E-state index in [9.17, 15) is 0 Å². The summed E-state index contributed by atoms with van der Waals surface area (Å²) in [5.74, 6) is 0.320. The van der Waals surface area contributed by atoms with Crippen LogP contribution >= 0.6 is 0 Å². The molecule has 0 aliphatic carbocycles. The highest BCUT2D eigenvalue weighted by Gasteiger charge is 2.22. The molecule has 0 amide bonds. The van der Waals surface area contributed by atoms with Crippen molar-refractivity contribution in [1.82, 2.24) is 5.32 Å². The first-order chi connectivity index (χ1) is 6.54. The molecule has 0 heterocycles. The zero-order valence-corrected chi connectivity index (χ0v) is 9.51. The van der Waals surface area contributed by atoms with Crippen LogP contribution in [0.5, 0.6) is 0 Å². The molecule has 84 valence electrons. The molecule has 4 nitrogen and oxygen atoms in total. The van der Waals surface area contributed by atoms with Gasteiger partial charge in [-0.15, -0.1) is 0 Å². The van der Waals surface area contributed by atoms with E-state index in [4.69, 9.17) is 10.9 Å². The number of hydrogen-bond acceptors (Lipinski definition) is 3. The molecule has 0 aromatic carbocycles. The van der Waals surface area contributed by atoms with Gasteiger partial charge in [-0.05, 0) is 25.9 Å². The molecule has 0 unspecified atom stereocenters. The van der Waals surface area contributed by atoms with Gasteiger partial charge in [0.15, 0.2) is 0 Å². The molecule has 4 heteroatoms. The summed E-state index contributed by atoms with van der Waals surface area (Å²) < 4.78 is 0. The third-order valence-corrected chi connectivity index (χ3v) is 2.46. The van der Waals surface area contributed by atoms with Crippen LogP contribution in [-0.4, -0.2) is 24.1 Å². The largest absolute Gasteiger partial charge is 0.409 e. The van der Waals surface area contributed by atoms with E-state index in [-0.39, 0.29) is 5.41 Å². The average Bonchev–Trinajstić information content (AvgIpc) is 2.16. The Morgan fingerprint density at radius 2 is 2.07 bits per heavy atom. The summed E-state index contributed by atoms with van der Waals surface area (Å²) in [6, 6.07) is 0. The molecule has 0 saturated carbocycles. The number of nitrogens with zero attached hydrogens (tertiary/aromatic N) is 1. The third kappa shape index (κ3) is 5.07. The molecule has 0 aliphatic heterocycles. The number of hydrogen-bond donors (Lipinski definition) is 3. The summed E-state index contributed by atoms with van der Waals surface area (Å²) in [6.45, 7) is 8.15. The fourth-order valence-electron chi connectivity index (χ4n) is 1.26. The monoisotopic (exact) mass is 201 g/mol. The second kappa shape index (κ2) is 6.65. The van der Waals surface area contributed by atoms with Crippen molar-refractivity contribution < 1.29 is 5.21 Å². The first-order valence-corrected chi connectivity index (χ1v) is 5.23. The molecule has 0 fully saturated rings. The lowest BCUT2D eigenvalue weighted by Gasteiger charge is -2.22.